The number of aliphatic carboxylic acids is 1. The Balaban J connectivity index is 1.82. The predicted molar refractivity (Wildman–Crippen MR) is 90.2 cm³/mol. The first kappa shape index (κ1) is 17.7. The number of quaternary nitrogens is 1. The van der Waals surface area contributed by atoms with Crippen LogP contribution in [0, 0.1) is 6.92 Å². The van der Waals surface area contributed by atoms with Crippen LogP contribution in [0.5, 0.6) is 0 Å². The topological polar surface area (TPSA) is 85.8 Å². The number of hydrogen-bond acceptors (Lipinski definition) is 3. The van der Waals surface area contributed by atoms with E-state index in [0.29, 0.717) is 12.2 Å². The van der Waals surface area contributed by atoms with Gasteiger partial charge in [0, 0.05) is 12.1 Å². The summed E-state index contributed by atoms with van der Waals surface area (Å²) in [5.74, 6) is -1.55. The fourth-order valence-electron chi connectivity index (χ4n) is 2.41. The van der Waals surface area contributed by atoms with Crippen molar-refractivity contribution in [2.75, 3.05) is 11.9 Å². The number of nitrogens with one attached hydrogen (secondary N) is 1. The summed E-state index contributed by atoms with van der Waals surface area (Å²) in [5.41, 5.74) is 2.89. The highest BCUT2D eigenvalue weighted by atomic mass is 16.4. The maximum atomic E-state index is 12.0. The third-order valence-electron chi connectivity index (χ3n) is 3.77. The molecule has 0 saturated heterocycles. The van der Waals surface area contributed by atoms with E-state index in [1.807, 2.05) is 49.4 Å². The van der Waals surface area contributed by atoms with Crippen LogP contribution in [0.1, 0.15) is 17.5 Å². The fraction of sp³-hybridized carbons (Fsp3) is 0.263. The predicted octanol–water partition coefficient (Wildman–Crippen LogP) is 0.248. The van der Waals surface area contributed by atoms with Crippen LogP contribution in [0.15, 0.2) is 54.6 Å². The van der Waals surface area contributed by atoms with Crippen LogP contribution in [-0.2, 0) is 16.0 Å². The summed E-state index contributed by atoms with van der Waals surface area (Å²) in [7, 11) is 0. The standard InChI is InChI=1S/C19H22N2O3/c1-14-7-9-16(10-8-14)21-18(22)13-17(19(23)24)20-12-11-15-5-3-2-4-6-15/h2-10,17,20H,11-13H2,1H3,(H,21,22)(H,23,24)/t17-/m1/s1. The Hall–Kier alpha value is -2.66. The van der Waals surface area contributed by atoms with E-state index in [4.69, 9.17) is 0 Å². The van der Waals surface area contributed by atoms with Gasteiger partial charge in [0.25, 0.3) is 0 Å². The molecule has 0 bridgehead atoms. The molecule has 126 valence electrons. The number of anilines is 1. The molecule has 0 aromatic heterocycles. The Kier molecular flexibility index (Phi) is 6.51. The van der Waals surface area contributed by atoms with E-state index in [9.17, 15) is 14.7 Å². The van der Waals surface area contributed by atoms with Gasteiger partial charge in [0.15, 0.2) is 0 Å². The molecule has 0 aliphatic heterocycles. The monoisotopic (exact) mass is 326 g/mol. The Morgan fingerprint density at radius 3 is 2.38 bits per heavy atom. The number of aryl methyl sites for hydroxylation is 1. The van der Waals surface area contributed by atoms with Gasteiger partial charge in [-0.05, 0) is 24.6 Å². The van der Waals surface area contributed by atoms with Gasteiger partial charge in [-0.2, -0.15) is 0 Å². The quantitative estimate of drug-likeness (QED) is 0.729. The van der Waals surface area contributed by atoms with Crippen molar-refractivity contribution in [2.45, 2.75) is 25.8 Å². The molecule has 1 atom stereocenters. The van der Waals surface area contributed by atoms with Crippen molar-refractivity contribution in [3.05, 3.63) is 65.7 Å². The molecule has 2 aromatic carbocycles. The highest BCUT2D eigenvalue weighted by Gasteiger charge is 2.18. The molecule has 2 rings (SSSR count). The van der Waals surface area contributed by atoms with E-state index in [2.05, 4.69) is 5.32 Å². The molecule has 2 aromatic rings. The summed E-state index contributed by atoms with van der Waals surface area (Å²) in [4.78, 5) is 23.3. The van der Waals surface area contributed by atoms with E-state index in [0.717, 1.165) is 17.5 Å². The SMILES string of the molecule is Cc1ccc(NC(=O)C[C@@H]([NH2+]CCc2ccccc2)C(=O)[O-])cc1. The van der Waals surface area contributed by atoms with Gasteiger partial charge in [0.05, 0.1) is 18.9 Å². The van der Waals surface area contributed by atoms with Gasteiger partial charge in [-0.15, -0.1) is 0 Å². The maximum absolute atomic E-state index is 12.0. The highest BCUT2D eigenvalue weighted by Crippen LogP contribution is 2.09. The normalized spacial score (nSPS) is 11.7. The third-order valence-corrected chi connectivity index (χ3v) is 3.77. The smallest absolute Gasteiger partial charge is 0.230 e. The Morgan fingerprint density at radius 2 is 1.75 bits per heavy atom. The molecule has 3 N–H and O–H groups in total. The first-order chi connectivity index (χ1) is 11.5. The number of nitrogens with two attached hydrogens (primary N) is 1. The summed E-state index contributed by atoms with van der Waals surface area (Å²) in [5, 5.41) is 15.6. The van der Waals surface area contributed by atoms with Gasteiger partial charge in [0.1, 0.15) is 6.04 Å². The molecule has 0 aliphatic carbocycles. The van der Waals surface area contributed by atoms with E-state index in [-0.39, 0.29) is 12.3 Å². The Morgan fingerprint density at radius 1 is 1.08 bits per heavy atom. The minimum atomic E-state index is -1.22. The maximum Gasteiger partial charge on any atom is 0.230 e. The zero-order valence-electron chi connectivity index (χ0n) is 13.7. The van der Waals surface area contributed by atoms with Crippen molar-refractivity contribution in [3.8, 4) is 0 Å². The van der Waals surface area contributed by atoms with E-state index >= 15 is 0 Å². The lowest BCUT2D eigenvalue weighted by Crippen LogP contribution is -2.93. The number of amides is 1. The minimum absolute atomic E-state index is 0.120. The Bertz CT molecular complexity index is 669. The summed E-state index contributed by atoms with van der Waals surface area (Å²) in [6.45, 7) is 2.54. The van der Waals surface area contributed by atoms with Crippen molar-refractivity contribution in [1.29, 1.82) is 0 Å². The van der Waals surface area contributed by atoms with Crippen molar-refractivity contribution in [1.82, 2.24) is 0 Å². The average molecular weight is 326 g/mol. The molecule has 0 radical (unpaired) electrons. The second kappa shape index (κ2) is 8.84. The van der Waals surface area contributed by atoms with Crippen LogP contribution >= 0.6 is 0 Å². The molecule has 24 heavy (non-hydrogen) atoms. The molecular formula is C19H22N2O3. The zero-order chi connectivity index (χ0) is 17.4. The van der Waals surface area contributed by atoms with Gasteiger partial charge < -0.3 is 20.5 Å². The summed E-state index contributed by atoms with van der Waals surface area (Å²) in [6.07, 6.45) is 0.620. The van der Waals surface area contributed by atoms with E-state index < -0.39 is 12.0 Å². The molecule has 5 nitrogen and oxygen atoms in total. The van der Waals surface area contributed by atoms with Crippen LogP contribution in [0.3, 0.4) is 0 Å². The van der Waals surface area contributed by atoms with Crippen LogP contribution in [-0.4, -0.2) is 24.5 Å². The van der Waals surface area contributed by atoms with Crippen LogP contribution < -0.4 is 15.7 Å². The molecule has 5 heteroatoms. The number of carboxylic acid groups (broad SMARTS) is 1. The number of rotatable bonds is 8. The van der Waals surface area contributed by atoms with Crippen LogP contribution in [0.25, 0.3) is 0 Å². The average Bonchev–Trinajstić information content (AvgIpc) is 2.57. The van der Waals surface area contributed by atoms with Gasteiger partial charge in [-0.3, -0.25) is 4.79 Å². The number of carbonyl (C=O) groups excluding carboxylic acids is 2. The third kappa shape index (κ3) is 5.85. The van der Waals surface area contributed by atoms with Crippen LogP contribution in [0.4, 0.5) is 5.69 Å². The number of hydrogen-bond donors (Lipinski definition) is 2. The van der Waals surface area contributed by atoms with Crippen LogP contribution in [0.2, 0.25) is 0 Å². The molecule has 0 saturated carbocycles. The largest absolute Gasteiger partial charge is 0.544 e. The second-order valence-corrected chi connectivity index (χ2v) is 5.80. The lowest BCUT2D eigenvalue weighted by molar-refractivity contribution is -0.682. The molecule has 0 heterocycles. The second-order valence-electron chi connectivity index (χ2n) is 5.80. The van der Waals surface area contributed by atoms with Gasteiger partial charge in [-0.1, -0.05) is 48.0 Å². The molecule has 0 spiro atoms. The summed E-state index contributed by atoms with van der Waals surface area (Å²) >= 11 is 0. The van der Waals surface area contributed by atoms with Crippen molar-refractivity contribution in [2.24, 2.45) is 0 Å². The van der Waals surface area contributed by atoms with Crippen molar-refractivity contribution in [3.63, 3.8) is 0 Å². The number of carboxylic acids is 1. The van der Waals surface area contributed by atoms with Crippen molar-refractivity contribution >= 4 is 17.6 Å². The summed E-state index contributed by atoms with van der Waals surface area (Å²) in [6, 6.07) is 16.3. The summed E-state index contributed by atoms with van der Waals surface area (Å²) < 4.78 is 0. The van der Waals surface area contributed by atoms with Crippen molar-refractivity contribution < 1.29 is 20.0 Å². The van der Waals surface area contributed by atoms with E-state index in [1.165, 1.54) is 0 Å². The zero-order valence-corrected chi connectivity index (χ0v) is 13.7. The minimum Gasteiger partial charge on any atom is -0.544 e. The first-order valence-corrected chi connectivity index (χ1v) is 7.99. The fourth-order valence-corrected chi connectivity index (χ4v) is 2.41. The molecule has 0 aliphatic rings. The lowest BCUT2D eigenvalue weighted by atomic mass is 10.1. The molecule has 0 unspecified atom stereocenters. The van der Waals surface area contributed by atoms with Gasteiger partial charge in [0.2, 0.25) is 5.91 Å². The van der Waals surface area contributed by atoms with E-state index in [1.54, 1.807) is 17.4 Å². The number of benzene rings is 2. The van der Waals surface area contributed by atoms with Gasteiger partial charge >= 0.3 is 0 Å². The lowest BCUT2D eigenvalue weighted by Gasteiger charge is -2.16. The van der Waals surface area contributed by atoms with Gasteiger partial charge in [-0.25, -0.2) is 0 Å². The molecule has 0 fully saturated rings. The highest BCUT2D eigenvalue weighted by molar-refractivity contribution is 5.93. The first-order valence-electron chi connectivity index (χ1n) is 7.99. The number of carbonyl (C=O) groups is 2. The molecule has 1 amide bonds. The molecular weight excluding hydrogens is 304 g/mol. The Labute approximate surface area is 141 Å².